The Bertz CT molecular complexity index is 2660. The van der Waals surface area contributed by atoms with Crippen molar-refractivity contribution < 1.29 is 58.5 Å². The molecule has 15 N–H and O–H groups in total. The first kappa shape index (κ1) is 64.2. The van der Waals surface area contributed by atoms with E-state index in [1.807, 2.05) is 74.2 Å². The molecule has 2 aromatic carbocycles. The number of carboxylic acids is 3. The van der Waals surface area contributed by atoms with Crippen molar-refractivity contribution >= 4 is 87.3 Å². The van der Waals surface area contributed by atoms with Gasteiger partial charge in [-0.25, -0.2) is 14.4 Å². The smallest absolute Gasteiger partial charge is 0.326 e. The molecule has 1 saturated heterocycles. The first-order chi connectivity index (χ1) is 38.6. The number of aliphatic carboxylic acids is 3. The molecule has 3 aromatic rings. The van der Waals surface area contributed by atoms with Gasteiger partial charge in [-0.2, -0.15) is 0 Å². The van der Waals surface area contributed by atoms with Gasteiger partial charge in [0.25, 0.3) is 0 Å². The summed E-state index contributed by atoms with van der Waals surface area (Å²) in [6, 6.07) is 13.0. The highest BCUT2D eigenvalue weighted by atomic mass is 32.1. The number of pyridine rings is 1. The van der Waals surface area contributed by atoms with Crippen LogP contribution in [0.3, 0.4) is 0 Å². The molecule has 1 saturated carbocycles. The standard InChI is InChI=1S/C54H78N14O12S/c55-45(69)31-64-21-22-65(32-46(56)70)25-26-67(34-48(58)72)40(29-66(24-23-64)33-47(57)71)27-35-10-14-39(15-11-35)61-54(81)60-28-36-8-12-38(13-9-36)50(75)68(30-44-41-6-2-1-5-37(41)18-19-59-44)20-4-3-7-42(51(76)77)62-53(80)63-43(52(78)79)16-17-49(73)74/h1-2,5-6,10-11,14-15,18-19,36,38,40,42-43H,3-4,7-9,12-13,16-17,20-34H2,(H2,55,69)(H2,56,70)(H2,57,71)(H2,58,72)(H,73,74)(H,76,77)(H,78,79)(H2,60,61,81)(H2,62,63,80)/t36?,38?,40?,42-,43-/m1/s1. The molecular weight excluding hydrogens is 1070 g/mol. The lowest BCUT2D eigenvalue weighted by atomic mass is 9.81. The minimum absolute atomic E-state index is 0.0203. The van der Waals surface area contributed by atoms with Crippen molar-refractivity contribution in [1.82, 2.24) is 45.4 Å². The van der Waals surface area contributed by atoms with E-state index in [-0.39, 0.29) is 69.5 Å². The van der Waals surface area contributed by atoms with Gasteiger partial charge in [-0.15, -0.1) is 0 Å². The molecule has 2 heterocycles. The van der Waals surface area contributed by atoms with Crippen LogP contribution < -0.4 is 44.2 Å². The number of nitrogens with one attached hydrogen (secondary N) is 4. The van der Waals surface area contributed by atoms with E-state index in [0.29, 0.717) is 95.3 Å². The number of carbonyl (C=O) groups excluding carboxylic acids is 6. The molecule has 5 rings (SSSR count). The van der Waals surface area contributed by atoms with Gasteiger partial charge in [-0.3, -0.25) is 53.4 Å². The molecular formula is C54H78N14O12S. The van der Waals surface area contributed by atoms with E-state index in [0.717, 1.165) is 34.9 Å². The zero-order chi connectivity index (χ0) is 59.0. The number of nitrogens with two attached hydrogens (primary N) is 4. The highest BCUT2D eigenvalue weighted by Crippen LogP contribution is 2.31. The molecule has 1 aliphatic heterocycles. The zero-order valence-electron chi connectivity index (χ0n) is 45.5. The molecule has 2 fully saturated rings. The lowest BCUT2D eigenvalue weighted by molar-refractivity contribution is -0.141. The second-order valence-corrected chi connectivity index (χ2v) is 21.2. The quantitative estimate of drug-likeness (QED) is 0.0328. The molecule has 26 nitrogen and oxygen atoms in total. The van der Waals surface area contributed by atoms with Crippen LogP contribution in [0.15, 0.2) is 60.8 Å². The van der Waals surface area contributed by atoms with Crippen LogP contribution in [0.2, 0.25) is 0 Å². The van der Waals surface area contributed by atoms with Crippen molar-refractivity contribution in [2.75, 3.05) is 90.4 Å². The number of primary amides is 4. The number of unbranched alkanes of at least 4 members (excludes halogenated alkanes) is 1. The van der Waals surface area contributed by atoms with Gasteiger partial charge >= 0.3 is 23.9 Å². The molecule has 27 heteroatoms. The molecule has 0 bridgehead atoms. The summed E-state index contributed by atoms with van der Waals surface area (Å²) < 4.78 is 0. The maximum atomic E-state index is 14.4. The average molecular weight is 1150 g/mol. The Morgan fingerprint density at radius 3 is 1.84 bits per heavy atom. The first-order valence-corrected chi connectivity index (χ1v) is 27.6. The van der Waals surface area contributed by atoms with Crippen molar-refractivity contribution in [2.24, 2.45) is 34.8 Å². The van der Waals surface area contributed by atoms with Crippen LogP contribution in [-0.2, 0) is 51.3 Å². The number of benzene rings is 2. The SMILES string of the molecule is NC(=O)CN1CCN(CC(N)=O)CCN(CC(N)=O)C(Cc2ccc(NC(=S)NCC3CCC(C(=O)N(CCCC[C@@H](NC(=O)N[C@H](CCC(=O)O)C(=O)O)C(=O)O)Cc4nccc5ccccc45)CC3)cc2)CN(CC(N)=O)CC1. The predicted molar refractivity (Wildman–Crippen MR) is 304 cm³/mol. The third-order valence-electron chi connectivity index (χ3n) is 14.5. The maximum absolute atomic E-state index is 14.4. The minimum atomic E-state index is -1.53. The lowest BCUT2D eigenvalue weighted by Crippen LogP contribution is -2.54. The van der Waals surface area contributed by atoms with Gasteiger partial charge in [0.05, 0.1) is 38.4 Å². The fourth-order valence-corrected chi connectivity index (χ4v) is 10.5. The van der Waals surface area contributed by atoms with E-state index in [9.17, 15) is 53.4 Å². The summed E-state index contributed by atoms with van der Waals surface area (Å²) in [5, 5.41) is 41.5. The lowest BCUT2D eigenvalue weighted by Gasteiger charge is -2.38. The van der Waals surface area contributed by atoms with Crippen molar-refractivity contribution in [2.45, 2.75) is 88.9 Å². The number of amides is 7. The summed E-state index contributed by atoms with van der Waals surface area (Å²) in [5.74, 6) is -6.26. The van der Waals surface area contributed by atoms with Gasteiger partial charge in [0, 0.05) is 94.6 Å². The molecule has 1 unspecified atom stereocenters. The van der Waals surface area contributed by atoms with Gasteiger partial charge in [0.1, 0.15) is 12.1 Å². The summed E-state index contributed by atoms with van der Waals surface area (Å²) >= 11 is 5.71. The predicted octanol–water partition coefficient (Wildman–Crippen LogP) is -0.329. The number of hydrogen-bond donors (Lipinski definition) is 11. The molecule has 1 aliphatic carbocycles. The van der Waals surface area contributed by atoms with E-state index >= 15 is 0 Å². The highest BCUT2D eigenvalue weighted by Gasteiger charge is 2.32. The van der Waals surface area contributed by atoms with Gasteiger partial charge in [-0.05, 0) is 105 Å². The van der Waals surface area contributed by atoms with Crippen molar-refractivity contribution in [3.8, 4) is 0 Å². The number of carbonyl (C=O) groups is 9. The number of anilines is 1. The Kier molecular flexibility index (Phi) is 25.9. The van der Waals surface area contributed by atoms with Crippen LogP contribution >= 0.6 is 12.2 Å². The number of aromatic nitrogens is 1. The van der Waals surface area contributed by atoms with Crippen LogP contribution in [-0.4, -0.2) is 207 Å². The van der Waals surface area contributed by atoms with Crippen LogP contribution in [0, 0.1) is 11.8 Å². The van der Waals surface area contributed by atoms with Crippen LogP contribution in [0.25, 0.3) is 10.8 Å². The van der Waals surface area contributed by atoms with Crippen molar-refractivity contribution in [3.63, 3.8) is 0 Å². The normalized spacial score (nSPS) is 18.6. The number of hydrogen-bond acceptors (Lipinski definition) is 15. The Morgan fingerprint density at radius 2 is 1.25 bits per heavy atom. The summed E-state index contributed by atoms with van der Waals surface area (Å²) in [6.45, 7) is 3.41. The summed E-state index contributed by atoms with van der Waals surface area (Å²) in [6.07, 6.45) is 4.68. The fourth-order valence-electron chi connectivity index (χ4n) is 10.3. The maximum Gasteiger partial charge on any atom is 0.326 e. The number of carboxylic acid groups (broad SMARTS) is 3. The second-order valence-electron chi connectivity index (χ2n) is 20.8. The van der Waals surface area contributed by atoms with E-state index in [1.54, 1.807) is 11.1 Å². The number of thiocarbonyl (C=S) groups is 1. The Labute approximate surface area is 475 Å². The number of nitrogens with zero attached hydrogens (tertiary/aromatic N) is 6. The van der Waals surface area contributed by atoms with Gasteiger partial charge in [-0.1, -0.05) is 36.4 Å². The molecule has 1 aromatic heterocycles. The van der Waals surface area contributed by atoms with E-state index < -0.39 is 72.5 Å². The minimum Gasteiger partial charge on any atom is -0.481 e. The topological polar surface area (TPSA) is 396 Å². The van der Waals surface area contributed by atoms with Crippen LogP contribution in [0.1, 0.15) is 69.0 Å². The van der Waals surface area contributed by atoms with Gasteiger partial charge in [0.15, 0.2) is 5.11 Å². The summed E-state index contributed by atoms with van der Waals surface area (Å²) in [4.78, 5) is 124. The summed E-state index contributed by atoms with van der Waals surface area (Å²) in [5.41, 5.74) is 25.0. The van der Waals surface area contributed by atoms with E-state index in [4.69, 9.17) is 40.3 Å². The molecule has 442 valence electrons. The Balaban J connectivity index is 1.17. The number of rotatable bonds is 28. The second kappa shape index (κ2) is 32.6. The Morgan fingerprint density at radius 1 is 0.679 bits per heavy atom. The average Bonchev–Trinajstić information content (AvgIpc) is 3.42. The molecule has 81 heavy (non-hydrogen) atoms. The monoisotopic (exact) mass is 1150 g/mol. The third kappa shape index (κ3) is 22.8. The van der Waals surface area contributed by atoms with E-state index in [1.165, 1.54) is 0 Å². The molecule has 0 radical (unpaired) electrons. The van der Waals surface area contributed by atoms with Gasteiger partial charge < -0.3 is 64.4 Å². The first-order valence-electron chi connectivity index (χ1n) is 27.2. The molecule has 3 atom stereocenters. The highest BCUT2D eigenvalue weighted by molar-refractivity contribution is 7.80. The number of urea groups is 1. The van der Waals surface area contributed by atoms with E-state index in [2.05, 4.69) is 26.3 Å². The Hall–Kier alpha value is -7.59. The largest absolute Gasteiger partial charge is 0.481 e. The molecule has 2 aliphatic rings. The number of fused-ring (bicyclic) bond motifs is 1. The van der Waals surface area contributed by atoms with Crippen LogP contribution in [0.5, 0.6) is 0 Å². The molecule has 0 spiro atoms. The van der Waals surface area contributed by atoms with Gasteiger partial charge in [0.2, 0.25) is 29.5 Å². The van der Waals surface area contributed by atoms with Crippen molar-refractivity contribution in [1.29, 1.82) is 0 Å². The summed E-state index contributed by atoms with van der Waals surface area (Å²) in [7, 11) is 0. The molecule has 7 amide bonds. The van der Waals surface area contributed by atoms with Crippen molar-refractivity contribution in [3.05, 3.63) is 72.1 Å². The van der Waals surface area contributed by atoms with Crippen LogP contribution in [0.4, 0.5) is 10.5 Å². The zero-order valence-corrected chi connectivity index (χ0v) is 46.4. The third-order valence-corrected chi connectivity index (χ3v) is 14.8. The fraction of sp³-hybridized carbons (Fsp3) is 0.537.